The molecule has 0 saturated carbocycles. The minimum absolute atomic E-state index is 0.297. The van der Waals surface area contributed by atoms with E-state index in [2.05, 4.69) is 43.8 Å². The highest BCUT2D eigenvalue weighted by Gasteiger charge is 2.11. The van der Waals surface area contributed by atoms with Crippen LogP contribution in [0, 0.1) is 0 Å². The molecule has 0 aromatic carbocycles. The molecule has 118 valence electrons. The summed E-state index contributed by atoms with van der Waals surface area (Å²) in [5, 5.41) is 3.21. The number of hydrogen-bond acceptors (Lipinski definition) is 3. The quantitative estimate of drug-likeness (QED) is 0.167. The van der Waals surface area contributed by atoms with E-state index in [4.69, 9.17) is 9.47 Å². The van der Waals surface area contributed by atoms with Crippen LogP contribution >= 0.6 is 0 Å². The molecule has 0 spiro atoms. The van der Waals surface area contributed by atoms with Crippen molar-refractivity contribution in [3.8, 4) is 0 Å². The van der Waals surface area contributed by atoms with Crippen LogP contribution in [0.4, 0.5) is 0 Å². The number of rotatable bonds is 10. The zero-order valence-corrected chi connectivity index (χ0v) is 15.0. The molecule has 0 saturated heterocycles. The van der Waals surface area contributed by atoms with Gasteiger partial charge in [-0.3, -0.25) is 4.99 Å². The molecular formula is C15H32N2O2Si. The lowest BCUT2D eigenvalue weighted by Gasteiger charge is -2.16. The summed E-state index contributed by atoms with van der Waals surface area (Å²) in [6.07, 6.45) is 4.55. The Hall–Kier alpha value is -0.813. The summed E-state index contributed by atoms with van der Waals surface area (Å²) < 4.78 is 10.8. The molecule has 0 heterocycles. The van der Waals surface area contributed by atoms with Gasteiger partial charge in [0, 0.05) is 26.8 Å². The summed E-state index contributed by atoms with van der Waals surface area (Å²) in [5.41, 5.74) is 0. The molecule has 0 radical (unpaired) electrons. The molecule has 0 aliphatic carbocycles. The van der Waals surface area contributed by atoms with Crippen molar-refractivity contribution in [2.45, 2.75) is 58.9 Å². The molecule has 4 nitrogen and oxygen atoms in total. The first kappa shape index (κ1) is 19.2. The molecule has 0 rings (SSSR count). The second-order valence-electron chi connectivity index (χ2n) is 6.07. The molecule has 0 aliphatic heterocycles. The fraction of sp³-hybridized carbons (Fsp3) is 0.800. The molecule has 0 fully saturated rings. The number of aliphatic imine (C=N–C) groups is 1. The summed E-state index contributed by atoms with van der Waals surface area (Å²) in [6.45, 7) is 15.2. The molecular weight excluding hydrogens is 268 g/mol. The van der Waals surface area contributed by atoms with Gasteiger partial charge in [0.05, 0.1) is 12.9 Å². The van der Waals surface area contributed by atoms with E-state index in [1.54, 1.807) is 6.26 Å². The van der Waals surface area contributed by atoms with Crippen molar-refractivity contribution < 1.29 is 9.47 Å². The van der Waals surface area contributed by atoms with Crippen LogP contribution in [-0.2, 0) is 9.47 Å². The fourth-order valence-corrected chi connectivity index (χ4v) is 2.02. The van der Waals surface area contributed by atoms with Gasteiger partial charge in [-0.15, -0.1) is 0 Å². The van der Waals surface area contributed by atoms with Crippen molar-refractivity contribution in [1.82, 2.24) is 5.32 Å². The van der Waals surface area contributed by atoms with Crippen molar-refractivity contribution in [2.75, 3.05) is 19.9 Å². The number of hydrogen-bond donors (Lipinski definition) is 1. The average Bonchev–Trinajstić information content (AvgIpc) is 2.36. The highest BCUT2D eigenvalue weighted by Crippen LogP contribution is 2.07. The maximum absolute atomic E-state index is 5.63. The van der Waals surface area contributed by atoms with Gasteiger partial charge in [0.1, 0.15) is 12.6 Å². The predicted molar refractivity (Wildman–Crippen MR) is 90.1 cm³/mol. The SMILES string of the molecule is CCO/C=C/C(=N/[C@@H](C)CC)NCOCC[Si](C)(C)C. The van der Waals surface area contributed by atoms with E-state index < -0.39 is 8.07 Å². The van der Waals surface area contributed by atoms with Gasteiger partial charge in [0.15, 0.2) is 0 Å². The third-order valence-electron chi connectivity index (χ3n) is 2.79. The van der Waals surface area contributed by atoms with E-state index in [1.807, 2.05) is 13.0 Å². The van der Waals surface area contributed by atoms with Gasteiger partial charge in [-0.25, -0.2) is 0 Å². The zero-order valence-electron chi connectivity index (χ0n) is 14.0. The number of nitrogens with one attached hydrogen (secondary N) is 1. The lowest BCUT2D eigenvalue weighted by molar-refractivity contribution is 0.141. The van der Waals surface area contributed by atoms with Crippen LogP contribution in [0.5, 0.6) is 0 Å². The highest BCUT2D eigenvalue weighted by atomic mass is 28.3. The normalized spacial score (nSPS) is 14.6. The first-order valence-electron chi connectivity index (χ1n) is 7.56. The van der Waals surface area contributed by atoms with Gasteiger partial charge in [-0.05, 0) is 26.3 Å². The molecule has 5 heteroatoms. The van der Waals surface area contributed by atoms with Gasteiger partial charge in [-0.2, -0.15) is 0 Å². The zero-order chi connectivity index (χ0) is 15.4. The van der Waals surface area contributed by atoms with Crippen LogP contribution in [0.1, 0.15) is 27.2 Å². The standard InChI is InChI=1S/C15H32N2O2Si/c1-7-14(3)17-15(9-10-18-8-2)16-13-19-11-12-20(4,5)6/h9-10,14H,7-8,11-13H2,1-6H3,(H,16,17)/b10-9+/t14-/m0/s1. The van der Waals surface area contributed by atoms with E-state index in [0.717, 1.165) is 18.9 Å². The van der Waals surface area contributed by atoms with E-state index >= 15 is 0 Å². The summed E-state index contributed by atoms with van der Waals surface area (Å²) in [5.74, 6) is 0.820. The summed E-state index contributed by atoms with van der Waals surface area (Å²) >= 11 is 0. The van der Waals surface area contributed by atoms with E-state index in [0.29, 0.717) is 19.4 Å². The van der Waals surface area contributed by atoms with Crippen LogP contribution in [0.25, 0.3) is 0 Å². The molecule has 0 aromatic heterocycles. The molecule has 0 amide bonds. The van der Waals surface area contributed by atoms with Crippen molar-refractivity contribution >= 4 is 13.9 Å². The molecule has 0 aromatic rings. The van der Waals surface area contributed by atoms with Gasteiger partial charge >= 0.3 is 0 Å². The Balaban J connectivity index is 4.13. The van der Waals surface area contributed by atoms with Crippen molar-refractivity contribution in [3.63, 3.8) is 0 Å². The van der Waals surface area contributed by atoms with Crippen LogP contribution in [0.2, 0.25) is 25.7 Å². The fourth-order valence-electron chi connectivity index (χ4n) is 1.26. The first-order chi connectivity index (χ1) is 9.39. The Bertz CT molecular complexity index is 299. The Kier molecular flexibility index (Phi) is 10.5. The lowest BCUT2D eigenvalue weighted by Crippen LogP contribution is -2.28. The minimum atomic E-state index is -1.01. The number of nitrogens with zero attached hydrogens (tertiary/aromatic N) is 1. The molecule has 0 unspecified atom stereocenters. The van der Waals surface area contributed by atoms with Gasteiger partial charge in [-0.1, -0.05) is 26.6 Å². The van der Waals surface area contributed by atoms with E-state index in [9.17, 15) is 0 Å². The molecule has 1 N–H and O–H groups in total. The first-order valence-corrected chi connectivity index (χ1v) is 11.3. The van der Waals surface area contributed by atoms with Crippen molar-refractivity contribution in [2.24, 2.45) is 4.99 Å². The van der Waals surface area contributed by atoms with E-state index in [-0.39, 0.29) is 0 Å². The predicted octanol–water partition coefficient (Wildman–Crippen LogP) is 3.64. The van der Waals surface area contributed by atoms with Gasteiger partial charge < -0.3 is 14.8 Å². The number of amidine groups is 1. The van der Waals surface area contributed by atoms with E-state index in [1.165, 1.54) is 6.04 Å². The van der Waals surface area contributed by atoms with Gasteiger partial charge in [0.25, 0.3) is 0 Å². The maximum atomic E-state index is 5.63. The summed E-state index contributed by atoms with van der Waals surface area (Å²) in [4.78, 5) is 4.58. The summed E-state index contributed by atoms with van der Waals surface area (Å²) in [7, 11) is -1.01. The Morgan fingerprint density at radius 3 is 2.55 bits per heavy atom. The number of ether oxygens (including phenoxy) is 2. The van der Waals surface area contributed by atoms with Crippen molar-refractivity contribution in [3.05, 3.63) is 12.3 Å². The van der Waals surface area contributed by atoms with Gasteiger partial charge in [0.2, 0.25) is 0 Å². The van der Waals surface area contributed by atoms with Crippen LogP contribution in [-0.4, -0.2) is 39.9 Å². The van der Waals surface area contributed by atoms with Crippen molar-refractivity contribution in [1.29, 1.82) is 0 Å². The minimum Gasteiger partial charge on any atom is -0.501 e. The average molecular weight is 301 g/mol. The topological polar surface area (TPSA) is 42.8 Å². The molecule has 0 bridgehead atoms. The Labute approximate surface area is 125 Å². The second-order valence-corrected chi connectivity index (χ2v) is 11.7. The highest BCUT2D eigenvalue weighted by molar-refractivity contribution is 6.76. The summed E-state index contributed by atoms with van der Waals surface area (Å²) in [6, 6.07) is 1.48. The smallest absolute Gasteiger partial charge is 0.125 e. The van der Waals surface area contributed by atoms with Crippen LogP contribution < -0.4 is 5.32 Å². The maximum Gasteiger partial charge on any atom is 0.125 e. The molecule has 20 heavy (non-hydrogen) atoms. The monoisotopic (exact) mass is 300 g/mol. The van der Waals surface area contributed by atoms with Crippen LogP contribution in [0.3, 0.4) is 0 Å². The third-order valence-corrected chi connectivity index (χ3v) is 4.49. The largest absolute Gasteiger partial charge is 0.501 e. The second kappa shape index (κ2) is 10.9. The Morgan fingerprint density at radius 2 is 2.00 bits per heavy atom. The van der Waals surface area contributed by atoms with Crippen LogP contribution in [0.15, 0.2) is 17.3 Å². The molecule has 1 atom stereocenters. The third kappa shape index (κ3) is 12.2. The Morgan fingerprint density at radius 1 is 1.30 bits per heavy atom. The molecule has 0 aliphatic rings. The lowest BCUT2D eigenvalue weighted by atomic mass is 10.3.